The van der Waals surface area contributed by atoms with Gasteiger partial charge >= 0.3 is 5.97 Å². The average Bonchev–Trinajstić information content (AvgIpc) is 2.54. The summed E-state index contributed by atoms with van der Waals surface area (Å²) in [6, 6.07) is 9.99. The summed E-state index contributed by atoms with van der Waals surface area (Å²) in [7, 11) is 1.25. The van der Waals surface area contributed by atoms with Gasteiger partial charge in [-0.05, 0) is 30.3 Å². The van der Waals surface area contributed by atoms with Crippen LogP contribution >= 0.6 is 11.6 Å². The van der Waals surface area contributed by atoms with Crippen molar-refractivity contribution in [3.63, 3.8) is 0 Å². The van der Waals surface area contributed by atoms with E-state index in [1.807, 2.05) is 0 Å². The zero-order chi connectivity index (χ0) is 16.8. The number of methoxy groups -OCH3 is 1. The zero-order valence-electron chi connectivity index (χ0n) is 12.1. The van der Waals surface area contributed by atoms with Crippen LogP contribution in [0, 0.1) is 5.82 Å². The fraction of sp³-hybridized carbons (Fsp3) is 0.125. The van der Waals surface area contributed by atoms with Crippen LogP contribution in [0.2, 0.25) is 5.02 Å². The van der Waals surface area contributed by atoms with E-state index in [2.05, 4.69) is 10.1 Å². The van der Waals surface area contributed by atoms with Gasteiger partial charge < -0.3 is 14.8 Å². The van der Waals surface area contributed by atoms with Gasteiger partial charge in [0.2, 0.25) is 0 Å². The van der Waals surface area contributed by atoms with Gasteiger partial charge in [-0.25, -0.2) is 9.18 Å². The molecule has 0 aliphatic heterocycles. The molecule has 0 aliphatic carbocycles. The molecule has 0 radical (unpaired) electrons. The molecule has 1 amide bonds. The molecule has 2 rings (SSSR count). The van der Waals surface area contributed by atoms with E-state index in [1.54, 1.807) is 18.2 Å². The zero-order valence-corrected chi connectivity index (χ0v) is 12.9. The van der Waals surface area contributed by atoms with E-state index < -0.39 is 17.7 Å². The van der Waals surface area contributed by atoms with E-state index in [-0.39, 0.29) is 22.9 Å². The molecular weight excluding hydrogens is 325 g/mol. The lowest BCUT2D eigenvalue weighted by Gasteiger charge is -2.11. The number of halogens is 2. The molecule has 7 heteroatoms. The number of benzene rings is 2. The number of rotatable bonds is 5. The van der Waals surface area contributed by atoms with Crippen molar-refractivity contribution in [2.24, 2.45) is 0 Å². The Morgan fingerprint density at radius 3 is 2.65 bits per heavy atom. The smallest absolute Gasteiger partial charge is 0.339 e. The first kappa shape index (κ1) is 16.8. The van der Waals surface area contributed by atoms with E-state index in [4.69, 9.17) is 16.3 Å². The molecule has 0 fully saturated rings. The topological polar surface area (TPSA) is 64.6 Å². The van der Waals surface area contributed by atoms with E-state index in [0.29, 0.717) is 5.69 Å². The van der Waals surface area contributed by atoms with Crippen molar-refractivity contribution in [1.82, 2.24) is 0 Å². The number of hydrogen-bond donors (Lipinski definition) is 1. The molecular formula is C16H13ClFNO4. The predicted molar refractivity (Wildman–Crippen MR) is 83.3 cm³/mol. The highest BCUT2D eigenvalue weighted by Crippen LogP contribution is 2.24. The molecule has 0 aromatic heterocycles. The van der Waals surface area contributed by atoms with Crippen molar-refractivity contribution in [2.75, 3.05) is 19.0 Å². The second kappa shape index (κ2) is 7.60. The third-order valence-electron chi connectivity index (χ3n) is 2.86. The lowest BCUT2D eigenvalue weighted by atomic mass is 10.2. The molecule has 2 aromatic carbocycles. The molecule has 120 valence electrons. The molecule has 0 saturated heterocycles. The molecule has 0 saturated carbocycles. The predicted octanol–water partition coefficient (Wildman–Crippen LogP) is 3.28. The van der Waals surface area contributed by atoms with Crippen LogP contribution in [-0.2, 0) is 9.53 Å². The maximum atomic E-state index is 12.9. The van der Waals surface area contributed by atoms with Crippen LogP contribution < -0.4 is 10.1 Å². The minimum atomic E-state index is -0.566. The van der Waals surface area contributed by atoms with Crippen LogP contribution in [0.3, 0.4) is 0 Å². The Morgan fingerprint density at radius 2 is 1.96 bits per heavy atom. The molecule has 0 aliphatic rings. The largest absolute Gasteiger partial charge is 0.482 e. The molecule has 2 aromatic rings. The van der Waals surface area contributed by atoms with E-state index in [1.165, 1.54) is 25.3 Å². The van der Waals surface area contributed by atoms with Crippen molar-refractivity contribution < 1.29 is 23.5 Å². The first-order valence-corrected chi connectivity index (χ1v) is 6.94. The van der Waals surface area contributed by atoms with Crippen molar-refractivity contribution in [2.45, 2.75) is 0 Å². The Balaban J connectivity index is 2.01. The summed E-state index contributed by atoms with van der Waals surface area (Å²) in [4.78, 5) is 23.5. The van der Waals surface area contributed by atoms with Gasteiger partial charge in [-0.15, -0.1) is 0 Å². The maximum Gasteiger partial charge on any atom is 0.339 e. The number of ether oxygens (including phenoxy) is 2. The summed E-state index contributed by atoms with van der Waals surface area (Å²) in [6.45, 7) is -0.346. The summed E-state index contributed by atoms with van der Waals surface area (Å²) >= 11 is 5.80. The summed E-state index contributed by atoms with van der Waals surface area (Å²) in [5.41, 5.74) is 0.529. The van der Waals surface area contributed by atoms with Crippen LogP contribution in [-0.4, -0.2) is 25.6 Å². The molecule has 0 heterocycles. The van der Waals surface area contributed by atoms with Gasteiger partial charge in [0.05, 0.1) is 23.4 Å². The van der Waals surface area contributed by atoms with Crippen molar-refractivity contribution in [3.05, 3.63) is 58.9 Å². The molecule has 0 spiro atoms. The van der Waals surface area contributed by atoms with Gasteiger partial charge in [0.15, 0.2) is 6.61 Å². The number of carbonyl (C=O) groups excluding carboxylic acids is 2. The molecule has 1 N–H and O–H groups in total. The third-order valence-corrected chi connectivity index (χ3v) is 3.15. The number of carbonyl (C=O) groups is 2. The van der Waals surface area contributed by atoms with E-state index in [0.717, 1.165) is 6.07 Å². The average molecular weight is 338 g/mol. The van der Waals surface area contributed by atoms with Gasteiger partial charge in [-0.1, -0.05) is 23.7 Å². The molecule has 0 bridgehead atoms. The van der Waals surface area contributed by atoms with Gasteiger partial charge in [0.25, 0.3) is 5.91 Å². The number of nitrogens with one attached hydrogen (secondary N) is 1. The maximum absolute atomic E-state index is 12.9. The van der Waals surface area contributed by atoms with Crippen LogP contribution in [0.15, 0.2) is 42.5 Å². The monoisotopic (exact) mass is 337 g/mol. The number of amides is 1. The second-order valence-electron chi connectivity index (χ2n) is 4.45. The summed E-state index contributed by atoms with van der Waals surface area (Å²) in [6.07, 6.45) is 0. The molecule has 5 nitrogen and oxygen atoms in total. The van der Waals surface area contributed by atoms with Gasteiger partial charge in [0.1, 0.15) is 11.6 Å². The van der Waals surface area contributed by atoms with E-state index >= 15 is 0 Å². The molecule has 0 unspecified atom stereocenters. The Kier molecular flexibility index (Phi) is 5.54. The fourth-order valence-corrected chi connectivity index (χ4v) is 2.02. The Labute approximate surface area is 137 Å². The molecule has 23 heavy (non-hydrogen) atoms. The Morgan fingerprint density at radius 1 is 1.22 bits per heavy atom. The lowest BCUT2D eigenvalue weighted by molar-refractivity contribution is -0.118. The van der Waals surface area contributed by atoms with Crippen molar-refractivity contribution in [1.29, 1.82) is 0 Å². The fourth-order valence-electron chi connectivity index (χ4n) is 1.80. The number of hydrogen-bond acceptors (Lipinski definition) is 4. The lowest BCUT2D eigenvalue weighted by Crippen LogP contribution is -2.21. The van der Waals surface area contributed by atoms with Gasteiger partial charge in [-0.3, -0.25) is 4.79 Å². The second-order valence-corrected chi connectivity index (χ2v) is 4.86. The van der Waals surface area contributed by atoms with E-state index in [9.17, 15) is 14.0 Å². The van der Waals surface area contributed by atoms with Gasteiger partial charge in [-0.2, -0.15) is 0 Å². The van der Waals surface area contributed by atoms with Crippen molar-refractivity contribution >= 4 is 29.2 Å². The standard InChI is InChI=1S/C16H13ClFNO4/c1-22-16(21)11-4-2-3-5-13(11)19-15(20)9-23-14-7-6-10(18)8-12(14)17/h2-8H,9H2,1H3,(H,19,20). The van der Waals surface area contributed by atoms with Crippen LogP contribution in [0.5, 0.6) is 5.75 Å². The first-order chi connectivity index (χ1) is 11.0. The third kappa shape index (κ3) is 4.43. The highest BCUT2D eigenvalue weighted by Gasteiger charge is 2.14. The van der Waals surface area contributed by atoms with Crippen LogP contribution in [0.4, 0.5) is 10.1 Å². The first-order valence-electron chi connectivity index (χ1n) is 6.56. The Hall–Kier alpha value is -2.60. The number of para-hydroxylation sites is 1. The molecule has 0 atom stereocenters. The van der Waals surface area contributed by atoms with Gasteiger partial charge in [0, 0.05) is 0 Å². The highest BCUT2D eigenvalue weighted by atomic mass is 35.5. The summed E-state index contributed by atoms with van der Waals surface area (Å²) in [5.74, 6) is -1.38. The minimum absolute atomic E-state index is 0.0627. The van der Waals surface area contributed by atoms with Crippen molar-refractivity contribution in [3.8, 4) is 5.75 Å². The summed E-state index contributed by atoms with van der Waals surface area (Å²) < 4.78 is 22.8. The normalized spacial score (nSPS) is 10.0. The Bertz CT molecular complexity index is 736. The minimum Gasteiger partial charge on any atom is -0.482 e. The quantitative estimate of drug-likeness (QED) is 0.850. The number of esters is 1. The SMILES string of the molecule is COC(=O)c1ccccc1NC(=O)COc1ccc(F)cc1Cl. The van der Waals surface area contributed by atoms with Crippen LogP contribution in [0.25, 0.3) is 0 Å². The summed E-state index contributed by atoms with van der Waals surface area (Å²) in [5, 5.41) is 2.61. The van der Waals surface area contributed by atoms with Crippen LogP contribution in [0.1, 0.15) is 10.4 Å². The number of anilines is 1. The highest BCUT2D eigenvalue weighted by molar-refractivity contribution is 6.32.